The van der Waals surface area contributed by atoms with Crippen LogP contribution in [0, 0.1) is 6.92 Å². The molecule has 4 aromatic rings. The van der Waals surface area contributed by atoms with Crippen LogP contribution in [0.3, 0.4) is 0 Å². The third-order valence-electron chi connectivity index (χ3n) is 4.33. The first-order chi connectivity index (χ1) is 13.3. The predicted molar refractivity (Wildman–Crippen MR) is 105 cm³/mol. The van der Waals surface area contributed by atoms with E-state index in [2.05, 4.69) is 0 Å². The lowest BCUT2D eigenvalue weighted by atomic mass is 10.1. The maximum absolute atomic E-state index is 12.9. The van der Waals surface area contributed by atoms with Gasteiger partial charge in [-0.25, -0.2) is 0 Å². The summed E-state index contributed by atoms with van der Waals surface area (Å²) in [6.07, 6.45) is -4.37. The van der Waals surface area contributed by atoms with Crippen molar-refractivity contribution in [3.8, 4) is 27.7 Å². The SMILES string of the molecule is Cc1ccc2c(Oc3ccc(O)cc3)c(-c3ccc(C(F)(F)F)cc3)sc2c1. The largest absolute Gasteiger partial charge is 0.508 e. The number of thiophene rings is 1. The smallest absolute Gasteiger partial charge is 0.416 e. The van der Waals surface area contributed by atoms with Crippen molar-refractivity contribution in [3.63, 3.8) is 0 Å². The van der Waals surface area contributed by atoms with E-state index in [1.165, 1.54) is 35.6 Å². The topological polar surface area (TPSA) is 29.5 Å². The lowest BCUT2D eigenvalue weighted by Gasteiger charge is -2.10. The molecular formula is C22H15F3O2S. The molecule has 1 aromatic heterocycles. The second-order valence-corrected chi connectivity index (χ2v) is 7.48. The Balaban J connectivity index is 1.83. The van der Waals surface area contributed by atoms with E-state index >= 15 is 0 Å². The van der Waals surface area contributed by atoms with Gasteiger partial charge in [-0.1, -0.05) is 18.2 Å². The number of hydrogen-bond donors (Lipinski definition) is 1. The van der Waals surface area contributed by atoms with Gasteiger partial charge in [-0.15, -0.1) is 11.3 Å². The third kappa shape index (κ3) is 3.55. The fraction of sp³-hybridized carbons (Fsp3) is 0.0909. The number of hydrogen-bond acceptors (Lipinski definition) is 3. The predicted octanol–water partition coefficient (Wildman–Crippen LogP) is 7.39. The summed E-state index contributed by atoms with van der Waals surface area (Å²) in [7, 11) is 0. The highest BCUT2D eigenvalue weighted by molar-refractivity contribution is 7.22. The van der Waals surface area contributed by atoms with Gasteiger partial charge in [0.2, 0.25) is 0 Å². The number of benzene rings is 3. The summed E-state index contributed by atoms with van der Waals surface area (Å²) >= 11 is 1.47. The zero-order valence-corrected chi connectivity index (χ0v) is 15.6. The molecule has 0 radical (unpaired) electrons. The monoisotopic (exact) mass is 400 g/mol. The quantitative estimate of drug-likeness (QED) is 0.388. The van der Waals surface area contributed by atoms with Crippen molar-refractivity contribution in [2.45, 2.75) is 13.1 Å². The first-order valence-corrected chi connectivity index (χ1v) is 9.30. The normalized spacial score (nSPS) is 11.7. The molecule has 0 atom stereocenters. The van der Waals surface area contributed by atoms with Gasteiger partial charge < -0.3 is 9.84 Å². The summed E-state index contributed by atoms with van der Waals surface area (Å²) in [4.78, 5) is 0.752. The molecular weight excluding hydrogens is 385 g/mol. The van der Waals surface area contributed by atoms with Crippen LogP contribution < -0.4 is 4.74 Å². The van der Waals surface area contributed by atoms with E-state index in [0.717, 1.165) is 32.7 Å². The van der Waals surface area contributed by atoms with Crippen LogP contribution in [-0.4, -0.2) is 5.11 Å². The summed E-state index contributed by atoms with van der Waals surface area (Å²) in [6, 6.07) is 17.3. The highest BCUT2D eigenvalue weighted by Gasteiger charge is 2.30. The molecule has 0 saturated carbocycles. The summed E-state index contributed by atoms with van der Waals surface area (Å²) in [6.45, 7) is 1.98. The molecule has 0 saturated heterocycles. The average Bonchev–Trinajstić information content (AvgIpc) is 3.00. The van der Waals surface area contributed by atoms with Gasteiger partial charge >= 0.3 is 6.18 Å². The lowest BCUT2D eigenvalue weighted by molar-refractivity contribution is -0.137. The van der Waals surface area contributed by atoms with Gasteiger partial charge in [0.1, 0.15) is 11.5 Å². The molecule has 0 fully saturated rings. The van der Waals surface area contributed by atoms with Crippen LogP contribution in [0.2, 0.25) is 0 Å². The number of halogens is 3. The van der Waals surface area contributed by atoms with Crippen molar-refractivity contribution < 1.29 is 23.0 Å². The molecule has 6 heteroatoms. The molecule has 0 aliphatic carbocycles. The minimum atomic E-state index is -4.37. The summed E-state index contributed by atoms with van der Waals surface area (Å²) in [5, 5.41) is 10.4. The van der Waals surface area contributed by atoms with E-state index < -0.39 is 11.7 Å². The molecule has 2 nitrogen and oxygen atoms in total. The van der Waals surface area contributed by atoms with Crippen LogP contribution in [-0.2, 0) is 6.18 Å². The Hall–Kier alpha value is -2.99. The standard InChI is InChI=1S/C22H15F3O2S/c1-13-2-11-18-19(12-13)28-21(14-3-5-15(6-4-14)22(23,24)25)20(18)27-17-9-7-16(26)8-10-17/h2-12,26H,1H3. The molecule has 0 bridgehead atoms. The minimum absolute atomic E-state index is 0.126. The molecule has 1 heterocycles. The first-order valence-electron chi connectivity index (χ1n) is 8.49. The van der Waals surface area contributed by atoms with Gasteiger partial charge in [0, 0.05) is 10.1 Å². The van der Waals surface area contributed by atoms with Crippen LogP contribution in [0.5, 0.6) is 17.2 Å². The van der Waals surface area contributed by atoms with Gasteiger partial charge in [-0.2, -0.15) is 13.2 Å². The fourth-order valence-electron chi connectivity index (χ4n) is 2.91. The van der Waals surface area contributed by atoms with Crippen molar-refractivity contribution >= 4 is 21.4 Å². The number of phenols is 1. The van der Waals surface area contributed by atoms with E-state index in [-0.39, 0.29) is 5.75 Å². The molecule has 4 rings (SSSR count). The second kappa shape index (κ2) is 6.87. The molecule has 28 heavy (non-hydrogen) atoms. The molecule has 0 unspecified atom stereocenters. The third-order valence-corrected chi connectivity index (χ3v) is 5.51. The van der Waals surface area contributed by atoms with Crippen LogP contribution in [0.4, 0.5) is 13.2 Å². The molecule has 1 N–H and O–H groups in total. The van der Waals surface area contributed by atoms with Crippen LogP contribution in [0.25, 0.3) is 20.5 Å². The number of ether oxygens (including phenoxy) is 1. The van der Waals surface area contributed by atoms with E-state index in [1.54, 1.807) is 12.1 Å². The molecule has 0 aliphatic rings. The fourth-order valence-corrected chi connectivity index (χ4v) is 4.15. The highest BCUT2D eigenvalue weighted by atomic mass is 32.1. The van der Waals surface area contributed by atoms with Crippen LogP contribution >= 0.6 is 11.3 Å². The van der Waals surface area contributed by atoms with E-state index in [1.807, 2.05) is 25.1 Å². The van der Waals surface area contributed by atoms with Crippen molar-refractivity contribution in [1.82, 2.24) is 0 Å². The van der Waals surface area contributed by atoms with Crippen molar-refractivity contribution in [3.05, 3.63) is 77.9 Å². The van der Waals surface area contributed by atoms with Crippen molar-refractivity contribution in [1.29, 1.82) is 0 Å². The Kier molecular flexibility index (Phi) is 4.51. The van der Waals surface area contributed by atoms with Crippen LogP contribution in [0.15, 0.2) is 66.7 Å². The average molecular weight is 400 g/mol. The van der Waals surface area contributed by atoms with Gasteiger partial charge in [0.25, 0.3) is 0 Å². The number of fused-ring (bicyclic) bond motifs is 1. The lowest BCUT2D eigenvalue weighted by Crippen LogP contribution is -2.03. The Morgan fingerprint density at radius 3 is 2.21 bits per heavy atom. The number of phenolic OH excluding ortho intramolecular Hbond substituents is 1. The summed E-state index contributed by atoms with van der Waals surface area (Å²) in [5.74, 6) is 1.25. The molecule has 3 aromatic carbocycles. The summed E-state index contributed by atoms with van der Waals surface area (Å²) in [5.41, 5.74) is 1.05. The number of alkyl halides is 3. The number of aromatic hydroxyl groups is 1. The number of rotatable bonds is 3. The summed E-state index contributed by atoms with van der Waals surface area (Å²) < 4.78 is 45.7. The van der Waals surface area contributed by atoms with Gasteiger partial charge in [-0.05, 0) is 66.6 Å². The van der Waals surface area contributed by atoms with Gasteiger partial charge in [0.05, 0.1) is 10.4 Å². The first kappa shape index (κ1) is 18.4. The Bertz CT molecular complexity index is 1130. The Labute approximate surface area is 163 Å². The maximum atomic E-state index is 12.9. The van der Waals surface area contributed by atoms with E-state index in [4.69, 9.17) is 4.74 Å². The number of aryl methyl sites for hydroxylation is 1. The maximum Gasteiger partial charge on any atom is 0.416 e. The molecule has 142 valence electrons. The Morgan fingerprint density at radius 1 is 0.893 bits per heavy atom. The second-order valence-electron chi connectivity index (χ2n) is 6.43. The zero-order valence-electron chi connectivity index (χ0n) is 14.7. The molecule has 0 amide bonds. The van der Waals surface area contributed by atoms with E-state index in [9.17, 15) is 18.3 Å². The van der Waals surface area contributed by atoms with Crippen LogP contribution in [0.1, 0.15) is 11.1 Å². The van der Waals surface area contributed by atoms with Crippen molar-refractivity contribution in [2.24, 2.45) is 0 Å². The molecule has 0 aliphatic heterocycles. The van der Waals surface area contributed by atoms with Gasteiger partial charge in [0.15, 0.2) is 5.75 Å². The van der Waals surface area contributed by atoms with E-state index in [0.29, 0.717) is 17.1 Å². The van der Waals surface area contributed by atoms with Crippen molar-refractivity contribution in [2.75, 3.05) is 0 Å². The zero-order chi connectivity index (χ0) is 19.9. The highest BCUT2D eigenvalue weighted by Crippen LogP contribution is 2.47. The Morgan fingerprint density at radius 2 is 1.57 bits per heavy atom. The molecule has 0 spiro atoms. The minimum Gasteiger partial charge on any atom is -0.508 e. The van der Waals surface area contributed by atoms with Gasteiger partial charge in [-0.3, -0.25) is 0 Å².